The zero-order valence-corrected chi connectivity index (χ0v) is 13.7. The molecule has 0 bridgehead atoms. The van der Waals surface area contributed by atoms with Crippen molar-refractivity contribution in [2.24, 2.45) is 0 Å². The molecule has 2 N–H and O–H groups in total. The maximum atomic E-state index is 12.5. The minimum absolute atomic E-state index is 0.111. The summed E-state index contributed by atoms with van der Waals surface area (Å²) in [5.74, 6) is -1.97. The predicted molar refractivity (Wildman–Crippen MR) is 84.7 cm³/mol. The minimum atomic E-state index is -2.45. The van der Waals surface area contributed by atoms with Gasteiger partial charge in [0.25, 0.3) is 5.76 Å². The van der Waals surface area contributed by atoms with Gasteiger partial charge in [-0.25, -0.2) is 0 Å². The lowest BCUT2D eigenvalue weighted by atomic mass is 9.92. The molecule has 0 aliphatic heterocycles. The van der Waals surface area contributed by atoms with Crippen LogP contribution in [0.4, 0.5) is 8.78 Å². The lowest BCUT2D eigenvalue weighted by Crippen LogP contribution is -2.36. The number of nitrogens with one attached hydrogen (secondary N) is 1. The zero-order chi connectivity index (χ0) is 16.1. The Kier molecular flexibility index (Phi) is 6.47. The molecule has 1 aromatic carbocycles. The number of ether oxygens (including phenoxy) is 1. The minimum Gasteiger partial charge on any atom is -0.496 e. The molecule has 2 rings (SSSR count). The van der Waals surface area contributed by atoms with Crippen LogP contribution in [0.5, 0.6) is 5.75 Å². The molecular weight excluding hydrogens is 308 g/mol. The molecule has 0 heterocycles. The number of methoxy groups -OCH3 is 1. The number of halogens is 2. The fraction of sp³-hybridized carbons (Fsp3) is 0.625. The van der Waals surface area contributed by atoms with E-state index in [1.165, 1.54) is 7.11 Å². The van der Waals surface area contributed by atoms with Gasteiger partial charge in [0.15, 0.2) is 0 Å². The van der Waals surface area contributed by atoms with Crippen molar-refractivity contribution in [1.82, 2.24) is 5.32 Å². The first-order valence-corrected chi connectivity index (χ1v) is 8.44. The Hall–Kier alpha value is -0.850. The number of alkyl halides is 2. The number of hydrogen-bond donors (Lipinski definition) is 2. The highest BCUT2D eigenvalue weighted by Gasteiger charge is 2.21. The molecule has 3 nitrogen and oxygen atoms in total. The molecule has 22 heavy (non-hydrogen) atoms. The van der Waals surface area contributed by atoms with E-state index in [0.29, 0.717) is 28.4 Å². The van der Waals surface area contributed by atoms with Gasteiger partial charge in [0.2, 0.25) is 0 Å². The summed E-state index contributed by atoms with van der Waals surface area (Å²) >= 11 is 0.499. The van der Waals surface area contributed by atoms with Gasteiger partial charge < -0.3 is 15.2 Å². The van der Waals surface area contributed by atoms with E-state index in [1.807, 2.05) is 12.1 Å². The lowest BCUT2D eigenvalue weighted by Gasteiger charge is -2.29. The van der Waals surface area contributed by atoms with Crippen molar-refractivity contribution in [3.63, 3.8) is 0 Å². The van der Waals surface area contributed by atoms with E-state index in [9.17, 15) is 13.9 Å². The SMILES string of the molecule is COc1cc(C(C)NC2CCC(O)CC2)ccc1SC(F)F. The third kappa shape index (κ3) is 4.83. The van der Waals surface area contributed by atoms with E-state index in [0.717, 1.165) is 31.2 Å². The van der Waals surface area contributed by atoms with Crippen LogP contribution >= 0.6 is 11.8 Å². The first kappa shape index (κ1) is 17.5. The third-order valence-electron chi connectivity index (χ3n) is 4.09. The maximum absolute atomic E-state index is 12.5. The van der Waals surface area contributed by atoms with Crippen LogP contribution in [0, 0.1) is 0 Å². The summed E-state index contributed by atoms with van der Waals surface area (Å²) in [5.41, 5.74) is 1.02. The van der Waals surface area contributed by atoms with Crippen molar-refractivity contribution in [2.45, 2.75) is 61.4 Å². The second-order valence-electron chi connectivity index (χ2n) is 5.68. The van der Waals surface area contributed by atoms with Crippen LogP contribution in [0.3, 0.4) is 0 Å². The monoisotopic (exact) mass is 331 g/mol. The topological polar surface area (TPSA) is 41.5 Å². The average molecular weight is 331 g/mol. The average Bonchev–Trinajstić information content (AvgIpc) is 2.49. The summed E-state index contributed by atoms with van der Waals surface area (Å²) in [6.07, 6.45) is 3.42. The Bertz CT molecular complexity index is 479. The first-order valence-electron chi connectivity index (χ1n) is 7.56. The normalized spacial score (nSPS) is 23.5. The van der Waals surface area contributed by atoms with Gasteiger partial charge >= 0.3 is 0 Å². The fourth-order valence-electron chi connectivity index (χ4n) is 2.84. The summed E-state index contributed by atoms with van der Waals surface area (Å²) in [6, 6.07) is 5.87. The Morgan fingerprint density at radius 1 is 1.27 bits per heavy atom. The van der Waals surface area contributed by atoms with E-state index in [4.69, 9.17) is 4.74 Å². The highest BCUT2D eigenvalue weighted by Crippen LogP contribution is 2.35. The van der Waals surface area contributed by atoms with Gasteiger partial charge in [-0.2, -0.15) is 8.78 Å². The number of aliphatic hydroxyl groups excluding tert-OH is 1. The molecule has 1 atom stereocenters. The molecule has 1 aliphatic rings. The van der Waals surface area contributed by atoms with Gasteiger partial charge in [-0.15, -0.1) is 0 Å². The zero-order valence-electron chi connectivity index (χ0n) is 12.9. The Morgan fingerprint density at radius 3 is 2.55 bits per heavy atom. The molecular formula is C16H23F2NO2S. The molecule has 0 aromatic heterocycles. The van der Waals surface area contributed by atoms with E-state index < -0.39 is 5.76 Å². The molecule has 124 valence electrons. The standard InChI is InChI=1S/C16H23F2NO2S/c1-10(19-12-4-6-13(20)7-5-12)11-3-8-15(22-16(17)18)14(9-11)21-2/h3,8-10,12-13,16,19-20H,4-7H2,1-2H3. The molecule has 0 spiro atoms. The molecule has 1 aliphatic carbocycles. The third-order valence-corrected chi connectivity index (χ3v) is 4.86. The van der Waals surface area contributed by atoms with Crippen molar-refractivity contribution >= 4 is 11.8 Å². The Labute approximate surface area is 134 Å². The summed E-state index contributed by atoms with van der Waals surface area (Å²) in [5, 5.41) is 13.1. The van der Waals surface area contributed by atoms with Gasteiger partial charge in [0.05, 0.1) is 18.1 Å². The van der Waals surface area contributed by atoms with Gasteiger partial charge in [-0.3, -0.25) is 0 Å². The van der Waals surface area contributed by atoms with Crippen molar-refractivity contribution in [2.75, 3.05) is 7.11 Å². The lowest BCUT2D eigenvalue weighted by molar-refractivity contribution is 0.114. The van der Waals surface area contributed by atoms with E-state index >= 15 is 0 Å². The van der Waals surface area contributed by atoms with Gasteiger partial charge in [0, 0.05) is 12.1 Å². The van der Waals surface area contributed by atoms with Crippen molar-refractivity contribution in [3.05, 3.63) is 23.8 Å². The summed E-state index contributed by atoms with van der Waals surface area (Å²) in [6.45, 7) is 2.06. The van der Waals surface area contributed by atoms with E-state index in [2.05, 4.69) is 12.2 Å². The molecule has 0 amide bonds. The number of hydrogen-bond acceptors (Lipinski definition) is 4. The van der Waals surface area contributed by atoms with Gasteiger partial charge in [-0.05, 0) is 50.3 Å². The van der Waals surface area contributed by atoms with Crippen LogP contribution in [0.1, 0.15) is 44.2 Å². The first-order chi connectivity index (χ1) is 10.5. The number of aliphatic hydroxyl groups is 1. The van der Waals surface area contributed by atoms with Crippen LogP contribution in [-0.4, -0.2) is 30.1 Å². The highest BCUT2D eigenvalue weighted by molar-refractivity contribution is 7.99. The summed E-state index contributed by atoms with van der Waals surface area (Å²) in [7, 11) is 1.50. The van der Waals surface area contributed by atoms with Crippen LogP contribution < -0.4 is 10.1 Å². The number of benzene rings is 1. The second kappa shape index (κ2) is 8.13. The predicted octanol–water partition coefficient (Wildman–Crippen LogP) is 3.96. The smallest absolute Gasteiger partial charge is 0.289 e. The summed E-state index contributed by atoms with van der Waals surface area (Å²) < 4.78 is 30.2. The molecule has 1 saturated carbocycles. The molecule has 1 fully saturated rings. The van der Waals surface area contributed by atoms with Crippen LogP contribution in [0.2, 0.25) is 0 Å². The van der Waals surface area contributed by atoms with Gasteiger partial charge in [0.1, 0.15) is 5.75 Å². The van der Waals surface area contributed by atoms with Gasteiger partial charge in [-0.1, -0.05) is 17.8 Å². The largest absolute Gasteiger partial charge is 0.496 e. The van der Waals surface area contributed by atoms with Crippen LogP contribution in [0.25, 0.3) is 0 Å². The molecule has 6 heteroatoms. The Morgan fingerprint density at radius 2 is 1.95 bits per heavy atom. The fourth-order valence-corrected chi connectivity index (χ4v) is 3.44. The van der Waals surface area contributed by atoms with Crippen molar-refractivity contribution < 1.29 is 18.6 Å². The highest BCUT2D eigenvalue weighted by atomic mass is 32.2. The molecule has 1 unspecified atom stereocenters. The van der Waals surface area contributed by atoms with Crippen LogP contribution in [-0.2, 0) is 0 Å². The van der Waals surface area contributed by atoms with Crippen molar-refractivity contribution in [3.8, 4) is 5.75 Å². The summed E-state index contributed by atoms with van der Waals surface area (Å²) in [4.78, 5) is 0.453. The number of thioether (sulfide) groups is 1. The molecule has 0 saturated heterocycles. The molecule has 1 aromatic rings. The quantitative estimate of drug-likeness (QED) is 0.774. The molecule has 0 radical (unpaired) electrons. The van der Waals surface area contributed by atoms with Crippen molar-refractivity contribution in [1.29, 1.82) is 0 Å². The number of rotatable bonds is 6. The van der Waals surface area contributed by atoms with E-state index in [1.54, 1.807) is 6.07 Å². The Balaban J connectivity index is 2.01. The van der Waals surface area contributed by atoms with Crippen LogP contribution in [0.15, 0.2) is 23.1 Å². The maximum Gasteiger partial charge on any atom is 0.289 e. The van der Waals surface area contributed by atoms with E-state index in [-0.39, 0.29) is 12.1 Å². The second-order valence-corrected chi connectivity index (χ2v) is 6.71.